The zero-order valence-corrected chi connectivity index (χ0v) is 12.3. The lowest BCUT2D eigenvalue weighted by molar-refractivity contribution is 0.0693. The first-order valence-electron chi connectivity index (χ1n) is 6.98. The van der Waals surface area contributed by atoms with Gasteiger partial charge in [-0.2, -0.15) is 0 Å². The summed E-state index contributed by atoms with van der Waals surface area (Å²) >= 11 is 0. The fourth-order valence-corrected chi connectivity index (χ4v) is 2.42. The summed E-state index contributed by atoms with van der Waals surface area (Å²) in [5, 5.41) is 9.09. The molecule has 1 aromatic heterocycles. The van der Waals surface area contributed by atoms with E-state index in [0.29, 0.717) is 12.1 Å². The van der Waals surface area contributed by atoms with Crippen molar-refractivity contribution in [2.24, 2.45) is 0 Å². The van der Waals surface area contributed by atoms with Gasteiger partial charge in [0.05, 0.1) is 0 Å². The van der Waals surface area contributed by atoms with Gasteiger partial charge in [-0.3, -0.25) is 4.79 Å². The zero-order chi connectivity index (χ0) is 15.4. The van der Waals surface area contributed by atoms with Crippen LogP contribution in [0.1, 0.15) is 33.5 Å². The average Bonchev–Trinajstić information content (AvgIpc) is 2.41. The van der Waals surface area contributed by atoms with Gasteiger partial charge in [-0.25, -0.2) is 4.79 Å². The minimum absolute atomic E-state index is 0.131. The Morgan fingerprint density at radius 1 is 1.24 bits per heavy atom. The highest BCUT2D eigenvalue weighted by molar-refractivity contribution is 5.88. The molecule has 0 aliphatic heterocycles. The first kappa shape index (κ1) is 15.0. The average molecular weight is 285 g/mol. The van der Waals surface area contributed by atoms with Crippen LogP contribution in [-0.4, -0.2) is 15.6 Å². The fourth-order valence-electron chi connectivity index (χ4n) is 2.42. The van der Waals surface area contributed by atoms with Crippen LogP contribution in [0.15, 0.2) is 41.3 Å². The zero-order valence-electron chi connectivity index (χ0n) is 12.3. The van der Waals surface area contributed by atoms with E-state index in [2.05, 4.69) is 12.1 Å². The summed E-state index contributed by atoms with van der Waals surface area (Å²) in [5.74, 6) is -1.16. The van der Waals surface area contributed by atoms with E-state index in [9.17, 15) is 9.59 Å². The highest BCUT2D eigenvalue weighted by Gasteiger charge is 2.13. The highest BCUT2D eigenvalue weighted by Crippen LogP contribution is 2.08. The van der Waals surface area contributed by atoms with Crippen LogP contribution >= 0.6 is 0 Å². The molecule has 0 radical (unpaired) electrons. The van der Waals surface area contributed by atoms with E-state index in [1.165, 1.54) is 15.7 Å². The molecule has 2 aromatic rings. The van der Waals surface area contributed by atoms with Crippen LogP contribution in [0.2, 0.25) is 0 Å². The molecule has 0 amide bonds. The molecule has 1 aromatic carbocycles. The van der Waals surface area contributed by atoms with E-state index in [1.807, 2.05) is 19.1 Å². The Balaban J connectivity index is 2.09. The van der Waals surface area contributed by atoms with Crippen LogP contribution in [0.3, 0.4) is 0 Å². The number of aryl methyl sites for hydroxylation is 4. The van der Waals surface area contributed by atoms with Gasteiger partial charge in [-0.1, -0.05) is 29.8 Å². The number of carboxylic acids is 1. The predicted molar refractivity (Wildman–Crippen MR) is 81.9 cm³/mol. The van der Waals surface area contributed by atoms with Crippen molar-refractivity contribution in [1.82, 2.24) is 4.57 Å². The third-order valence-electron chi connectivity index (χ3n) is 3.53. The van der Waals surface area contributed by atoms with Gasteiger partial charge >= 0.3 is 5.97 Å². The van der Waals surface area contributed by atoms with Crippen LogP contribution in [0.5, 0.6) is 0 Å². The SMILES string of the molecule is Cc1cccc(CCCn2ccc(C)c(C(=O)O)c2=O)c1. The van der Waals surface area contributed by atoms with Gasteiger partial charge in [0.2, 0.25) is 0 Å². The van der Waals surface area contributed by atoms with Crippen molar-refractivity contribution in [2.75, 3.05) is 0 Å². The van der Waals surface area contributed by atoms with E-state index in [4.69, 9.17) is 5.11 Å². The molecule has 21 heavy (non-hydrogen) atoms. The van der Waals surface area contributed by atoms with Gasteiger partial charge in [-0.15, -0.1) is 0 Å². The van der Waals surface area contributed by atoms with E-state index in [0.717, 1.165) is 12.8 Å². The second-order valence-corrected chi connectivity index (χ2v) is 5.27. The molecule has 0 aliphatic rings. The molecule has 2 rings (SSSR count). The minimum Gasteiger partial charge on any atom is -0.477 e. The predicted octanol–water partition coefficient (Wildman–Crippen LogP) is 2.80. The van der Waals surface area contributed by atoms with E-state index in [1.54, 1.807) is 19.2 Å². The Labute approximate surface area is 123 Å². The number of aromatic carboxylic acids is 1. The molecule has 0 spiro atoms. The van der Waals surface area contributed by atoms with Crippen molar-refractivity contribution < 1.29 is 9.90 Å². The second kappa shape index (κ2) is 6.39. The third-order valence-corrected chi connectivity index (χ3v) is 3.53. The summed E-state index contributed by atoms with van der Waals surface area (Å²) in [6, 6.07) is 9.93. The number of benzene rings is 1. The Bertz CT molecular complexity index is 716. The number of hydrogen-bond donors (Lipinski definition) is 1. The largest absolute Gasteiger partial charge is 0.477 e. The summed E-state index contributed by atoms with van der Waals surface area (Å²) in [5.41, 5.74) is 2.39. The van der Waals surface area contributed by atoms with Gasteiger partial charge < -0.3 is 9.67 Å². The molecular formula is C17H19NO3. The number of pyridine rings is 1. The van der Waals surface area contributed by atoms with Gasteiger partial charge in [0.1, 0.15) is 5.56 Å². The molecule has 4 nitrogen and oxygen atoms in total. The van der Waals surface area contributed by atoms with Crippen LogP contribution < -0.4 is 5.56 Å². The maximum absolute atomic E-state index is 12.1. The van der Waals surface area contributed by atoms with Crippen LogP contribution in [0.25, 0.3) is 0 Å². The highest BCUT2D eigenvalue weighted by atomic mass is 16.4. The van der Waals surface area contributed by atoms with E-state index >= 15 is 0 Å². The Morgan fingerprint density at radius 3 is 2.67 bits per heavy atom. The first-order valence-corrected chi connectivity index (χ1v) is 6.98. The fraction of sp³-hybridized carbons (Fsp3) is 0.294. The minimum atomic E-state index is -1.16. The maximum atomic E-state index is 12.1. The van der Waals surface area contributed by atoms with Gasteiger partial charge in [0.25, 0.3) is 5.56 Å². The normalized spacial score (nSPS) is 10.6. The third kappa shape index (κ3) is 3.60. The lowest BCUT2D eigenvalue weighted by Gasteiger charge is -2.09. The number of carbonyl (C=O) groups is 1. The Hall–Kier alpha value is -2.36. The topological polar surface area (TPSA) is 59.3 Å². The molecule has 4 heteroatoms. The van der Waals surface area contributed by atoms with Crippen molar-refractivity contribution >= 4 is 5.97 Å². The van der Waals surface area contributed by atoms with E-state index < -0.39 is 11.5 Å². The number of nitrogens with zero attached hydrogens (tertiary/aromatic N) is 1. The summed E-state index contributed by atoms with van der Waals surface area (Å²) in [6.07, 6.45) is 3.33. The summed E-state index contributed by atoms with van der Waals surface area (Å²) in [6.45, 7) is 4.21. The molecule has 110 valence electrons. The Morgan fingerprint density at radius 2 is 2.00 bits per heavy atom. The molecule has 0 unspecified atom stereocenters. The quantitative estimate of drug-likeness (QED) is 0.919. The molecule has 0 atom stereocenters. The Kier molecular flexibility index (Phi) is 4.58. The van der Waals surface area contributed by atoms with E-state index in [-0.39, 0.29) is 5.56 Å². The van der Waals surface area contributed by atoms with Crippen LogP contribution in [-0.2, 0) is 13.0 Å². The maximum Gasteiger partial charge on any atom is 0.341 e. The van der Waals surface area contributed by atoms with Gasteiger partial charge in [0, 0.05) is 12.7 Å². The van der Waals surface area contributed by atoms with Crippen molar-refractivity contribution in [3.05, 3.63) is 69.1 Å². The molecular weight excluding hydrogens is 266 g/mol. The number of aromatic nitrogens is 1. The van der Waals surface area contributed by atoms with Crippen molar-refractivity contribution in [3.63, 3.8) is 0 Å². The van der Waals surface area contributed by atoms with Crippen molar-refractivity contribution in [2.45, 2.75) is 33.2 Å². The van der Waals surface area contributed by atoms with Crippen molar-refractivity contribution in [3.8, 4) is 0 Å². The number of rotatable bonds is 5. The molecule has 0 aliphatic carbocycles. The lowest BCUT2D eigenvalue weighted by Crippen LogP contribution is -2.27. The first-order chi connectivity index (χ1) is 9.99. The number of carboxylic acid groups (broad SMARTS) is 1. The standard InChI is InChI=1S/C17H19NO3/c1-12-5-3-6-14(11-12)7-4-9-18-10-8-13(2)15(16(18)19)17(20)21/h3,5-6,8,10-11H,4,7,9H2,1-2H3,(H,20,21). The lowest BCUT2D eigenvalue weighted by atomic mass is 10.1. The summed E-state index contributed by atoms with van der Waals surface area (Å²) in [7, 11) is 0. The van der Waals surface area contributed by atoms with Gasteiger partial charge in [0.15, 0.2) is 0 Å². The molecule has 0 saturated heterocycles. The molecule has 0 bridgehead atoms. The second-order valence-electron chi connectivity index (χ2n) is 5.27. The van der Waals surface area contributed by atoms with Crippen molar-refractivity contribution in [1.29, 1.82) is 0 Å². The molecule has 0 saturated carbocycles. The van der Waals surface area contributed by atoms with Gasteiger partial charge in [-0.05, 0) is 43.9 Å². The number of hydrogen-bond acceptors (Lipinski definition) is 2. The van der Waals surface area contributed by atoms with Crippen LogP contribution in [0.4, 0.5) is 0 Å². The molecule has 1 heterocycles. The smallest absolute Gasteiger partial charge is 0.341 e. The summed E-state index contributed by atoms with van der Waals surface area (Å²) < 4.78 is 1.48. The molecule has 1 N–H and O–H groups in total. The summed E-state index contributed by atoms with van der Waals surface area (Å²) in [4.78, 5) is 23.2. The molecule has 0 fully saturated rings. The van der Waals surface area contributed by atoms with Crippen LogP contribution in [0, 0.1) is 13.8 Å². The monoisotopic (exact) mass is 285 g/mol.